The zero-order valence-electron chi connectivity index (χ0n) is 10.6. The normalized spacial score (nSPS) is 11.6. The number of likely N-dealkylation sites (N-methyl/N-ethyl adjacent to an activating group) is 2. The summed E-state index contributed by atoms with van der Waals surface area (Å²) in [5, 5.41) is 0. The van der Waals surface area contributed by atoms with Crippen LogP contribution in [0.1, 0.15) is 26.2 Å². The van der Waals surface area contributed by atoms with Gasteiger partial charge in [-0.05, 0) is 12.8 Å². The van der Waals surface area contributed by atoms with E-state index >= 15 is 0 Å². The predicted molar refractivity (Wildman–Crippen MR) is 59.0 cm³/mol. The summed E-state index contributed by atoms with van der Waals surface area (Å²) in [6.45, 7) is 6.18. The standard InChI is InChI=1S/C11H27N2.BrH/c1-6-7-8-10-13(4,5)11-9-12(2)3;/h6-11H2,1-5H3;1H/q+1;. The van der Waals surface area contributed by atoms with Gasteiger partial charge in [-0.3, -0.25) is 0 Å². The summed E-state index contributed by atoms with van der Waals surface area (Å²) in [6, 6.07) is 0. The second-order valence-corrected chi connectivity index (χ2v) is 5.05. The molecule has 0 aromatic carbocycles. The van der Waals surface area contributed by atoms with Crippen molar-refractivity contribution >= 4 is 0 Å². The number of quaternary nitrogens is 2. The average Bonchev–Trinajstić information content (AvgIpc) is 2.02. The summed E-state index contributed by atoms with van der Waals surface area (Å²) in [4.78, 5) is 1.56. The molecule has 1 N–H and O–H groups in total. The fourth-order valence-electron chi connectivity index (χ4n) is 1.43. The molecule has 0 saturated heterocycles. The first kappa shape index (κ1) is 16.8. The Bertz CT molecular complexity index is 124. The van der Waals surface area contributed by atoms with E-state index in [1.54, 1.807) is 4.90 Å². The Hall–Kier alpha value is 0.400. The van der Waals surface area contributed by atoms with Crippen LogP contribution in [0.15, 0.2) is 0 Å². The van der Waals surface area contributed by atoms with Crippen LogP contribution in [0.3, 0.4) is 0 Å². The van der Waals surface area contributed by atoms with E-state index in [0.717, 1.165) is 0 Å². The average molecular weight is 268 g/mol. The molecule has 0 aromatic rings. The van der Waals surface area contributed by atoms with Crippen molar-refractivity contribution in [3.63, 3.8) is 0 Å². The molecule has 0 aliphatic rings. The Kier molecular flexibility index (Phi) is 10.4. The van der Waals surface area contributed by atoms with Crippen molar-refractivity contribution in [1.29, 1.82) is 0 Å². The molecule has 0 spiro atoms. The molecule has 0 fully saturated rings. The third kappa shape index (κ3) is 10.5. The van der Waals surface area contributed by atoms with Crippen LogP contribution in [-0.2, 0) is 0 Å². The molecule has 0 radical (unpaired) electrons. The molecule has 0 unspecified atom stereocenters. The van der Waals surface area contributed by atoms with Gasteiger partial charge in [0.2, 0.25) is 0 Å². The fourth-order valence-corrected chi connectivity index (χ4v) is 1.43. The lowest BCUT2D eigenvalue weighted by molar-refractivity contribution is -0.934. The van der Waals surface area contributed by atoms with Crippen molar-refractivity contribution in [2.75, 3.05) is 47.8 Å². The lowest BCUT2D eigenvalue weighted by Crippen LogP contribution is -3.06. The Balaban J connectivity index is 0. The maximum Gasteiger partial charge on any atom is 0.128 e. The lowest BCUT2D eigenvalue weighted by Gasteiger charge is -2.29. The number of hydrogen-bond donors (Lipinski definition) is 1. The van der Waals surface area contributed by atoms with Crippen molar-refractivity contribution in [2.24, 2.45) is 0 Å². The van der Waals surface area contributed by atoms with Gasteiger partial charge in [0.05, 0.1) is 34.7 Å². The number of unbranched alkanes of at least 4 members (excludes halogenated alkanes) is 2. The minimum atomic E-state index is 0. The molecule has 88 valence electrons. The van der Waals surface area contributed by atoms with Gasteiger partial charge in [0.1, 0.15) is 13.1 Å². The highest BCUT2D eigenvalue weighted by Gasteiger charge is 2.15. The topological polar surface area (TPSA) is 4.44 Å². The first-order valence-corrected chi connectivity index (χ1v) is 5.59. The van der Waals surface area contributed by atoms with Crippen LogP contribution in [0.25, 0.3) is 0 Å². The second-order valence-electron chi connectivity index (χ2n) is 5.05. The maximum atomic E-state index is 2.35. The summed E-state index contributed by atoms with van der Waals surface area (Å²) in [7, 11) is 9.15. The van der Waals surface area contributed by atoms with Gasteiger partial charge in [-0.25, -0.2) is 0 Å². The largest absolute Gasteiger partial charge is 1.00 e. The van der Waals surface area contributed by atoms with Gasteiger partial charge in [0.15, 0.2) is 0 Å². The van der Waals surface area contributed by atoms with E-state index in [2.05, 4.69) is 35.1 Å². The molecular formula is C11H28BrN2+. The molecule has 0 amide bonds. The number of nitrogens with zero attached hydrogens (tertiary/aromatic N) is 1. The molecule has 0 aliphatic heterocycles. The third-order valence-electron chi connectivity index (χ3n) is 2.58. The lowest BCUT2D eigenvalue weighted by atomic mass is 10.2. The van der Waals surface area contributed by atoms with E-state index in [9.17, 15) is 0 Å². The van der Waals surface area contributed by atoms with Crippen LogP contribution in [0.4, 0.5) is 0 Å². The SMILES string of the molecule is CCCCC[N+](C)(C)CC[NH+](C)C.[Br-]. The van der Waals surface area contributed by atoms with Gasteiger partial charge < -0.3 is 26.4 Å². The minimum absolute atomic E-state index is 0. The fraction of sp³-hybridized carbons (Fsp3) is 1.00. The quantitative estimate of drug-likeness (QED) is 0.382. The molecule has 0 bridgehead atoms. The smallest absolute Gasteiger partial charge is 0.128 e. The molecule has 0 aliphatic carbocycles. The monoisotopic (exact) mass is 267 g/mol. The number of rotatable bonds is 7. The molecule has 0 rings (SSSR count). The summed E-state index contributed by atoms with van der Waals surface area (Å²) in [5.41, 5.74) is 0. The van der Waals surface area contributed by atoms with Gasteiger partial charge in [-0.2, -0.15) is 0 Å². The Morgan fingerprint density at radius 3 is 2.00 bits per heavy atom. The van der Waals surface area contributed by atoms with Gasteiger partial charge in [0.25, 0.3) is 0 Å². The Morgan fingerprint density at radius 1 is 1.00 bits per heavy atom. The van der Waals surface area contributed by atoms with Crippen molar-refractivity contribution in [3.05, 3.63) is 0 Å². The molecule has 0 aromatic heterocycles. The third-order valence-corrected chi connectivity index (χ3v) is 2.58. The van der Waals surface area contributed by atoms with Crippen LogP contribution in [0.5, 0.6) is 0 Å². The Labute approximate surface area is 101 Å². The van der Waals surface area contributed by atoms with Crippen molar-refractivity contribution in [3.8, 4) is 0 Å². The Morgan fingerprint density at radius 2 is 1.57 bits per heavy atom. The molecule has 3 heteroatoms. The van der Waals surface area contributed by atoms with Gasteiger partial charge in [0, 0.05) is 0 Å². The molecule has 14 heavy (non-hydrogen) atoms. The number of hydrogen-bond acceptors (Lipinski definition) is 0. The molecule has 0 heterocycles. The zero-order chi connectivity index (χ0) is 10.3. The van der Waals surface area contributed by atoms with Crippen LogP contribution in [-0.4, -0.2) is 52.3 Å². The second kappa shape index (κ2) is 8.69. The van der Waals surface area contributed by atoms with Crippen LogP contribution >= 0.6 is 0 Å². The summed E-state index contributed by atoms with van der Waals surface area (Å²) in [5.74, 6) is 0. The highest BCUT2D eigenvalue weighted by Crippen LogP contribution is 2.02. The number of nitrogens with one attached hydrogen (secondary N) is 1. The molecule has 2 nitrogen and oxygen atoms in total. The van der Waals surface area contributed by atoms with Crippen molar-refractivity contribution in [1.82, 2.24) is 0 Å². The molecule has 0 saturated carbocycles. The van der Waals surface area contributed by atoms with Gasteiger partial charge in [-0.1, -0.05) is 13.3 Å². The van der Waals surface area contributed by atoms with E-state index in [4.69, 9.17) is 0 Å². The summed E-state index contributed by atoms with van der Waals surface area (Å²) >= 11 is 0. The highest BCUT2D eigenvalue weighted by atomic mass is 79.9. The van der Waals surface area contributed by atoms with Crippen molar-refractivity contribution in [2.45, 2.75) is 26.2 Å². The maximum absolute atomic E-state index is 2.35. The van der Waals surface area contributed by atoms with E-state index in [0.29, 0.717) is 0 Å². The first-order valence-electron chi connectivity index (χ1n) is 5.59. The van der Waals surface area contributed by atoms with Crippen molar-refractivity contribution < 1.29 is 26.4 Å². The van der Waals surface area contributed by atoms with Crippen LogP contribution in [0, 0.1) is 0 Å². The van der Waals surface area contributed by atoms with Crippen LogP contribution < -0.4 is 21.9 Å². The summed E-state index contributed by atoms with van der Waals surface area (Å²) < 4.78 is 1.19. The predicted octanol–water partition coefficient (Wildman–Crippen LogP) is -2.60. The zero-order valence-corrected chi connectivity index (χ0v) is 12.2. The molecular weight excluding hydrogens is 240 g/mol. The van der Waals surface area contributed by atoms with Gasteiger partial charge in [-0.15, -0.1) is 0 Å². The number of halogens is 1. The first-order chi connectivity index (χ1) is 5.98. The minimum Gasteiger partial charge on any atom is -1.00 e. The van der Waals surface area contributed by atoms with E-state index in [1.165, 1.54) is 43.4 Å². The summed E-state index contributed by atoms with van der Waals surface area (Å²) in [6.07, 6.45) is 4.10. The van der Waals surface area contributed by atoms with E-state index in [1.807, 2.05) is 0 Å². The van der Waals surface area contributed by atoms with E-state index < -0.39 is 0 Å². The highest BCUT2D eigenvalue weighted by molar-refractivity contribution is 4.38. The van der Waals surface area contributed by atoms with Crippen LogP contribution in [0.2, 0.25) is 0 Å². The van der Waals surface area contributed by atoms with Gasteiger partial charge >= 0.3 is 0 Å². The molecule has 0 atom stereocenters. The van der Waals surface area contributed by atoms with E-state index in [-0.39, 0.29) is 17.0 Å².